The van der Waals surface area contributed by atoms with Crippen molar-refractivity contribution in [1.82, 2.24) is 4.98 Å². The second-order valence-corrected chi connectivity index (χ2v) is 6.49. The summed E-state index contributed by atoms with van der Waals surface area (Å²) < 4.78 is 11.8. The molecular formula is C20H17BrN2O4. The van der Waals surface area contributed by atoms with E-state index in [2.05, 4.69) is 20.9 Å². The van der Waals surface area contributed by atoms with Crippen LogP contribution < -0.4 is 9.47 Å². The summed E-state index contributed by atoms with van der Waals surface area (Å²) in [6, 6.07) is 12.1. The molecule has 0 aliphatic carbocycles. The fraction of sp³-hybridized carbons (Fsp3) is 0.150. The summed E-state index contributed by atoms with van der Waals surface area (Å²) in [5, 5.41) is 11.6. The van der Waals surface area contributed by atoms with E-state index >= 15 is 0 Å². The van der Waals surface area contributed by atoms with E-state index in [9.17, 15) is 10.1 Å². The molecule has 1 heterocycles. The number of aromatic nitrogens is 1. The molecule has 0 atom stereocenters. The lowest BCUT2D eigenvalue weighted by molar-refractivity contribution is -0.383. The number of halogens is 1. The van der Waals surface area contributed by atoms with Crippen molar-refractivity contribution in [3.63, 3.8) is 0 Å². The summed E-state index contributed by atoms with van der Waals surface area (Å²) in [6.07, 6.45) is 3.74. The minimum Gasteiger partial charge on any atom is -0.493 e. The first-order valence-electron chi connectivity index (χ1n) is 8.26. The van der Waals surface area contributed by atoms with Crippen LogP contribution in [0.2, 0.25) is 0 Å². The van der Waals surface area contributed by atoms with Gasteiger partial charge in [0.2, 0.25) is 0 Å². The van der Waals surface area contributed by atoms with Gasteiger partial charge in [-0.3, -0.25) is 10.1 Å². The van der Waals surface area contributed by atoms with Gasteiger partial charge in [0.15, 0.2) is 11.5 Å². The molecule has 0 amide bonds. The molecule has 6 nitrogen and oxygen atoms in total. The lowest BCUT2D eigenvalue weighted by Gasteiger charge is -2.12. The van der Waals surface area contributed by atoms with Gasteiger partial charge in [0.1, 0.15) is 0 Å². The standard InChI is InChI=1S/C20H17BrN2O4/c1-3-27-20-16(21)11-13(12-19(20)26-2)7-8-14-9-10-15-17(22-14)5-4-6-18(15)23(24)25/h4-12H,3H2,1-2H3/b8-7+. The Kier molecular flexibility index (Phi) is 5.71. The molecule has 0 spiro atoms. The highest BCUT2D eigenvalue weighted by molar-refractivity contribution is 9.10. The molecule has 3 rings (SSSR count). The van der Waals surface area contributed by atoms with Gasteiger partial charge in [-0.1, -0.05) is 12.1 Å². The molecular weight excluding hydrogens is 412 g/mol. The molecule has 0 N–H and O–H groups in total. The number of hydrogen-bond acceptors (Lipinski definition) is 5. The monoisotopic (exact) mass is 428 g/mol. The van der Waals surface area contributed by atoms with Crippen LogP contribution in [0.15, 0.2) is 46.9 Å². The second kappa shape index (κ2) is 8.18. The van der Waals surface area contributed by atoms with Crippen LogP contribution in [0.5, 0.6) is 11.5 Å². The van der Waals surface area contributed by atoms with Crippen molar-refractivity contribution in [3.8, 4) is 11.5 Å². The summed E-state index contributed by atoms with van der Waals surface area (Å²) in [4.78, 5) is 15.2. The molecule has 0 radical (unpaired) electrons. The summed E-state index contributed by atoms with van der Waals surface area (Å²) in [5.74, 6) is 1.29. The lowest BCUT2D eigenvalue weighted by Crippen LogP contribution is -1.96. The van der Waals surface area contributed by atoms with Gasteiger partial charge >= 0.3 is 0 Å². The average Bonchev–Trinajstić information content (AvgIpc) is 2.67. The Labute approximate surface area is 164 Å². The molecule has 0 aliphatic heterocycles. The van der Waals surface area contributed by atoms with Gasteiger partial charge < -0.3 is 9.47 Å². The third-order valence-corrected chi connectivity index (χ3v) is 4.50. The lowest BCUT2D eigenvalue weighted by atomic mass is 10.1. The molecule has 7 heteroatoms. The van der Waals surface area contributed by atoms with Crippen LogP contribution in [0.1, 0.15) is 18.2 Å². The minimum atomic E-state index is -0.400. The number of hydrogen-bond donors (Lipinski definition) is 0. The minimum absolute atomic E-state index is 0.0516. The van der Waals surface area contributed by atoms with Gasteiger partial charge in [0.05, 0.1) is 39.7 Å². The number of pyridine rings is 1. The highest BCUT2D eigenvalue weighted by Crippen LogP contribution is 2.37. The van der Waals surface area contributed by atoms with Crippen molar-refractivity contribution in [3.05, 3.63) is 68.3 Å². The van der Waals surface area contributed by atoms with Gasteiger partial charge in [-0.15, -0.1) is 0 Å². The highest BCUT2D eigenvalue weighted by Gasteiger charge is 2.12. The van der Waals surface area contributed by atoms with E-state index in [4.69, 9.17) is 9.47 Å². The third kappa shape index (κ3) is 4.09. The van der Waals surface area contributed by atoms with E-state index < -0.39 is 4.92 Å². The van der Waals surface area contributed by atoms with Gasteiger partial charge in [-0.2, -0.15) is 0 Å². The van der Waals surface area contributed by atoms with Crippen molar-refractivity contribution in [2.24, 2.45) is 0 Å². The molecule has 27 heavy (non-hydrogen) atoms. The van der Waals surface area contributed by atoms with Crippen molar-refractivity contribution < 1.29 is 14.4 Å². The summed E-state index contributed by atoms with van der Waals surface area (Å²) in [7, 11) is 1.59. The highest BCUT2D eigenvalue weighted by atomic mass is 79.9. The van der Waals surface area contributed by atoms with E-state index in [0.29, 0.717) is 34.7 Å². The molecule has 0 fully saturated rings. The normalized spacial score (nSPS) is 11.1. The maximum atomic E-state index is 11.1. The first-order valence-corrected chi connectivity index (χ1v) is 9.05. The number of rotatable bonds is 6. The van der Waals surface area contributed by atoms with Crippen LogP contribution in [0.4, 0.5) is 5.69 Å². The Morgan fingerprint density at radius 1 is 1.22 bits per heavy atom. The Morgan fingerprint density at radius 3 is 2.74 bits per heavy atom. The zero-order chi connectivity index (χ0) is 19.4. The molecule has 0 bridgehead atoms. The van der Waals surface area contributed by atoms with Crippen LogP contribution >= 0.6 is 15.9 Å². The van der Waals surface area contributed by atoms with Crippen LogP contribution in [-0.2, 0) is 0 Å². The SMILES string of the molecule is CCOc1c(Br)cc(/C=C/c2ccc3c([N+](=O)[O-])cccc3n2)cc1OC. The predicted molar refractivity (Wildman–Crippen MR) is 109 cm³/mol. The zero-order valence-corrected chi connectivity index (χ0v) is 16.4. The number of nitrogens with zero attached hydrogens (tertiary/aromatic N) is 2. The molecule has 0 saturated heterocycles. The Morgan fingerprint density at radius 2 is 2.04 bits per heavy atom. The zero-order valence-electron chi connectivity index (χ0n) is 14.8. The number of benzene rings is 2. The number of ether oxygens (including phenoxy) is 2. The molecule has 0 saturated carbocycles. The van der Waals surface area contributed by atoms with Gasteiger partial charge in [-0.25, -0.2) is 4.98 Å². The Balaban J connectivity index is 1.94. The van der Waals surface area contributed by atoms with Crippen LogP contribution in [0, 0.1) is 10.1 Å². The van der Waals surface area contributed by atoms with Crippen LogP contribution in [-0.4, -0.2) is 23.6 Å². The van der Waals surface area contributed by atoms with E-state index in [1.54, 1.807) is 31.4 Å². The molecule has 3 aromatic rings. The average molecular weight is 429 g/mol. The number of methoxy groups -OCH3 is 1. The van der Waals surface area contributed by atoms with Crippen molar-refractivity contribution in [2.75, 3.05) is 13.7 Å². The smallest absolute Gasteiger partial charge is 0.278 e. The number of fused-ring (bicyclic) bond motifs is 1. The van der Waals surface area contributed by atoms with Crippen LogP contribution in [0.3, 0.4) is 0 Å². The Hall–Kier alpha value is -2.93. The molecule has 1 aromatic heterocycles. The third-order valence-electron chi connectivity index (χ3n) is 3.91. The maximum Gasteiger partial charge on any atom is 0.278 e. The quantitative estimate of drug-likeness (QED) is 0.383. The summed E-state index contributed by atoms with van der Waals surface area (Å²) in [6.45, 7) is 2.45. The fourth-order valence-corrected chi connectivity index (χ4v) is 3.28. The first-order chi connectivity index (χ1) is 13.0. The van der Waals surface area contributed by atoms with E-state index in [1.165, 1.54) is 6.07 Å². The van der Waals surface area contributed by atoms with Crippen LogP contribution in [0.25, 0.3) is 23.1 Å². The van der Waals surface area contributed by atoms with Gasteiger partial charge in [0, 0.05) is 6.07 Å². The summed E-state index contributed by atoms with van der Waals surface area (Å²) in [5.41, 5.74) is 2.24. The summed E-state index contributed by atoms with van der Waals surface area (Å²) >= 11 is 3.50. The van der Waals surface area contributed by atoms with Crippen molar-refractivity contribution in [2.45, 2.75) is 6.92 Å². The molecule has 138 valence electrons. The van der Waals surface area contributed by atoms with E-state index in [-0.39, 0.29) is 5.69 Å². The number of non-ortho nitro benzene ring substituents is 1. The van der Waals surface area contributed by atoms with Crippen molar-refractivity contribution in [1.29, 1.82) is 0 Å². The number of nitro benzene ring substituents is 1. The largest absolute Gasteiger partial charge is 0.493 e. The molecule has 2 aromatic carbocycles. The predicted octanol–water partition coefficient (Wildman–Crippen LogP) is 5.48. The maximum absolute atomic E-state index is 11.1. The van der Waals surface area contributed by atoms with E-state index in [0.717, 1.165) is 10.0 Å². The van der Waals surface area contributed by atoms with E-state index in [1.807, 2.05) is 31.2 Å². The second-order valence-electron chi connectivity index (χ2n) is 5.64. The fourth-order valence-electron chi connectivity index (χ4n) is 2.71. The topological polar surface area (TPSA) is 74.5 Å². The number of nitro groups is 1. The van der Waals surface area contributed by atoms with Gasteiger partial charge in [-0.05, 0) is 64.8 Å². The van der Waals surface area contributed by atoms with Gasteiger partial charge in [0.25, 0.3) is 5.69 Å². The Bertz CT molecular complexity index is 1030. The molecule has 0 unspecified atom stereocenters. The van der Waals surface area contributed by atoms with Crippen molar-refractivity contribution >= 4 is 44.7 Å². The first kappa shape index (κ1) is 18.8. The molecule has 0 aliphatic rings.